The summed E-state index contributed by atoms with van der Waals surface area (Å²) in [6, 6.07) is 7.78. The minimum Gasteiger partial charge on any atom is -0.480 e. The minimum atomic E-state index is -3.68. The number of hydrogen-bond acceptors (Lipinski definition) is 5. The highest BCUT2D eigenvalue weighted by Gasteiger charge is 2.18. The standard InChI is InChI=1S/C14H20N2O6S/c1-22-10-9-16(11-14(18)19)13(17)7-8-15-23(20,21)12-5-3-2-4-6-12/h2-6,15H,7-11H2,1H3,(H,18,19). The van der Waals surface area contributed by atoms with Crippen molar-refractivity contribution in [2.24, 2.45) is 0 Å². The average Bonchev–Trinajstić information content (AvgIpc) is 2.51. The number of aliphatic carboxylic acids is 1. The van der Waals surface area contributed by atoms with Gasteiger partial charge in [-0.3, -0.25) is 9.59 Å². The number of carboxylic acid groups (broad SMARTS) is 1. The van der Waals surface area contributed by atoms with Crippen LogP contribution in [0.5, 0.6) is 0 Å². The van der Waals surface area contributed by atoms with Crippen LogP contribution in [0.3, 0.4) is 0 Å². The van der Waals surface area contributed by atoms with Gasteiger partial charge in [-0.1, -0.05) is 18.2 Å². The molecule has 1 amide bonds. The SMILES string of the molecule is COCCN(CC(=O)O)C(=O)CCNS(=O)(=O)c1ccccc1. The molecule has 0 unspecified atom stereocenters. The second-order valence-electron chi connectivity index (χ2n) is 4.66. The molecule has 0 aromatic heterocycles. The molecule has 0 saturated carbocycles. The van der Waals surface area contributed by atoms with Crippen LogP contribution in [0.1, 0.15) is 6.42 Å². The van der Waals surface area contributed by atoms with Crippen LogP contribution in [0, 0.1) is 0 Å². The first-order valence-electron chi connectivity index (χ1n) is 6.90. The van der Waals surface area contributed by atoms with Crippen LogP contribution in [-0.2, 0) is 24.3 Å². The van der Waals surface area contributed by atoms with Crippen LogP contribution in [0.4, 0.5) is 0 Å². The van der Waals surface area contributed by atoms with Gasteiger partial charge < -0.3 is 14.7 Å². The van der Waals surface area contributed by atoms with Crippen molar-refractivity contribution in [3.8, 4) is 0 Å². The molecule has 9 heteroatoms. The number of carboxylic acids is 1. The Morgan fingerprint density at radius 2 is 1.91 bits per heavy atom. The van der Waals surface area contributed by atoms with E-state index in [-0.39, 0.29) is 31.0 Å². The Bertz CT molecular complexity index is 617. The summed E-state index contributed by atoms with van der Waals surface area (Å²) in [7, 11) is -2.24. The molecular weight excluding hydrogens is 324 g/mol. The van der Waals surface area contributed by atoms with E-state index < -0.39 is 28.4 Å². The second kappa shape index (κ2) is 9.23. The number of rotatable bonds is 10. The number of nitrogens with zero attached hydrogens (tertiary/aromatic N) is 1. The zero-order chi connectivity index (χ0) is 17.3. The number of carbonyl (C=O) groups is 2. The molecule has 0 aliphatic heterocycles. The molecule has 1 aromatic rings. The molecule has 0 saturated heterocycles. The summed E-state index contributed by atoms with van der Waals surface area (Å²) in [5.74, 6) is -1.60. The summed E-state index contributed by atoms with van der Waals surface area (Å²) < 4.78 is 31.1. The molecule has 0 atom stereocenters. The molecule has 0 radical (unpaired) electrons. The van der Waals surface area contributed by atoms with Crippen LogP contribution in [-0.4, -0.2) is 63.7 Å². The molecule has 1 rings (SSSR count). The van der Waals surface area contributed by atoms with Crippen LogP contribution in [0.15, 0.2) is 35.2 Å². The van der Waals surface area contributed by atoms with Gasteiger partial charge in [0.25, 0.3) is 0 Å². The molecule has 1 aromatic carbocycles. The first kappa shape index (κ1) is 19.1. The molecule has 2 N–H and O–H groups in total. The third kappa shape index (κ3) is 6.76. The number of amides is 1. The van der Waals surface area contributed by atoms with Crippen LogP contribution in [0.2, 0.25) is 0 Å². The fourth-order valence-corrected chi connectivity index (χ4v) is 2.84. The first-order valence-corrected chi connectivity index (χ1v) is 8.38. The third-order valence-corrected chi connectivity index (χ3v) is 4.41. The van der Waals surface area contributed by atoms with Gasteiger partial charge in [0.15, 0.2) is 0 Å². The smallest absolute Gasteiger partial charge is 0.323 e. The molecular formula is C14H20N2O6S. The van der Waals surface area contributed by atoms with E-state index in [1.54, 1.807) is 18.2 Å². The lowest BCUT2D eigenvalue weighted by molar-refractivity contribution is -0.144. The predicted octanol–water partition coefficient (Wildman–Crippen LogP) is -0.0854. The fourth-order valence-electron chi connectivity index (χ4n) is 1.79. The van der Waals surface area contributed by atoms with Crippen molar-refractivity contribution in [3.05, 3.63) is 30.3 Å². The Morgan fingerprint density at radius 3 is 2.48 bits per heavy atom. The van der Waals surface area contributed by atoms with Gasteiger partial charge in [0.05, 0.1) is 11.5 Å². The van der Waals surface area contributed by atoms with Crippen LogP contribution >= 0.6 is 0 Å². The Labute approximate surface area is 135 Å². The molecule has 0 bridgehead atoms. The van der Waals surface area contributed by atoms with Crippen molar-refractivity contribution in [1.82, 2.24) is 9.62 Å². The number of benzene rings is 1. The van der Waals surface area contributed by atoms with Crippen molar-refractivity contribution < 1.29 is 27.9 Å². The van der Waals surface area contributed by atoms with E-state index in [9.17, 15) is 18.0 Å². The maximum absolute atomic E-state index is 12.0. The summed E-state index contributed by atoms with van der Waals surface area (Å²) in [4.78, 5) is 23.9. The maximum Gasteiger partial charge on any atom is 0.323 e. The van der Waals surface area contributed by atoms with E-state index in [1.165, 1.54) is 19.2 Å². The number of methoxy groups -OCH3 is 1. The second-order valence-corrected chi connectivity index (χ2v) is 6.43. The van der Waals surface area contributed by atoms with Gasteiger partial charge in [0.2, 0.25) is 15.9 Å². The summed E-state index contributed by atoms with van der Waals surface area (Å²) in [6.07, 6.45) is -0.136. The van der Waals surface area contributed by atoms with Crippen LogP contribution in [0.25, 0.3) is 0 Å². The molecule has 0 aliphatic carbocycles. The third-order valence-electron chi connectivity index (χ3n) is 2.93. The predicted molar refractivity (Wildman–Crippen MR) is 82.3 cm³/mol. The van der Waals surface area contributed by atoms with E-state index in [0.717, 1.165) is 4.90 Å². The summed E-state index contributed by atoms with van der Waals surface area (Å²) in [5.41, 5.74) is 0. The number of nitrogens with one attached hydrogen (secondary N) is 1. The lowest BCUT2D eigenvalue weighted by atomic mass is 10.3. The summed E-state index contributed by atoms with van der Waals surface area (Å²) in [5, 5.41) is 8.79. The number of sulfonamides is 1. The van der Waals surface area contributed by atoms with E-state index in [2.05, 4.69) is 4.72 Å². The van der Waals surface area contributed by atoms with Gasteiger partial charge in [-0.25, -0.2) is 13.1 Å². The van der Waals surface area contributed by atoms with Crippen LogP contribution < -0.4 is 4.72 Å². The molecule has 0 heterocycles. The normalized spacial score (nSPS) is 11.2. The van der Waals surface area contributed by atoms with Crippen molar-refractivity contribution >= 4 is 21.9 Å². The lowest BCUT2D eigenvalue weighted by Gasteiger charge is -2.20. The van der Waals surface area contributed by atoms with E-state index >= 15 is 0 Å². The lowest BCUT2D eigenvalue weighted by Crippen LogP contribution is -2.39. The number of hydrogen-bond donors (Lipinski definition) is 2. The molecule has 128 valence electrons. The highest BCUT2D eigenvalue weighted by molar-refractivity contribution is 7.89. The maximum atomic E-state index is 12.0. The fraction of sp³-hybridized carbons (Fsp3) is 0.429. The average molecular weight is 344 g/mol. The largest absolute Gasteiger partial charge is 0.480 e. The van der Waals surface area contributed by atoms with Gasteiger partial charge in [0, 0.05) is 26.6 Å². The van der Waals surface area contributed by atoms with Gasteiger partial charge in [-0.05, 0) is 12.1 Å². The quantitative estimate of drug-likeness (QED) is 0.613. The van der Waals surface area contributed by atoms with Gasteiger partial charge in [-0.2, -0.15) is 0 Å². The molecule has 0 fully saturated rings. The molecule has 0 aliphatic rings. The Morgan fingerprint density at radius 1 is 1.26 bits per heavy atom. The monoisotopic (exact) mass is 344 g/mol. The zero-order valence-corrected chi connectivity index (χ0v) is 13.6. The van der Waals surface area contributed by atoms with E-state index in [1.807, 2.05) is 0 Å². The summed E-state index contributed by atoms with van der Waals surface area (Å²) >= 11 is 0. The molecule has 8 nitrogen and oxygen atoms in total. The number of carbonyl (C=O) groups excluding carboxylic acids is 1. The van der Waals surface area contributed by atoms with Crippen molar-refractivity contribution in [1.29, 1.82) is 0 Å². The summed E-state index contributed by atoms with van der Waals surface area (Å²) in [6.45, 7) is -0.228. The van der Waals surface area contributed by atoms with E-state index in [0.29, 0.717) is 0 Å². The highest BCUT2D eigenvalue weighted by Crippen LogP contribution is 2.07. The van der Waals surface area contributed by atoms with Crippen molar-refractivity contribution in [2.75, 3.05) is 33.4 Å². The Balaban J connectivity index is 2.55. The topological polar surface area (TPSA) is 113 Å². The number of ether oxygens (including phenoxy) is 1. The van der Waals surface area contributed by atoms with E-state index in [4.69, 9.17) is 9.84 Å². The Kier molecular flexibility index (Phi) is 7.66. The minimum absolute atomic E-state index is 0.106. The first-order chi connectivity index (χ1) is 10.9. The zero-order valence-electron chi connectivity index (χ0n) is 12.8. The van der Waals surface area contributed by atoms with Gasteiger partial charge in [-0.15, -0.1) is 0 Å². The highest BCUT2D eigenvalue weighted by atomic mass is 32.2. The van der Waals surface area contributed by atoms with Crippen molar-refractivity contribution in [3.63, 3.8) is 0 Å². The molecule has 23 heavy (non-hydrogen) atoms. The Hall–Kier alpha value is -1.97. The van der Waals surface area contributed by atoms with Crippen molar-refractivity contribution in [2.45, 2.75) is 11.3 Å². The van der Waals surface area contributed by atoms with Gasteiger partial charge in [0.1, 0.15) is 6.54 Å². The molecule has 0 spiro atoms. The van der Waals surface area contributed by atoms with Gasteiger partial charge >= 0.3 is 5.97 Å².